The van der Waals surface area contributed by atoms with Gasteiger partial charge in [-0.05, 0) is 68.6 Å². The van der Waals surface area contributed by atoms with Gasteiger partial charge in [0, 0.05) is 59.4 Å². The van der Waals surface area contributed by atoms with Crippen LogP contribution in [0.1, 0.15) is 50.3 Å². The summed E-state index contributed by atoms with van der Waals surface area (Å²) in [6, 6.07) is 6.21. The number of hydrogen-bond acceptors (Lipinski definition) is 9. The Labute approximate surface area is 236 Å². The first-order valence-electron chi connectivity index (χ1n) is 12.8. The molecule has 2 aliphatic rings. The van der Waals surface area contributed by atoms with Gasteiger partial charge < -0.3 is 10.6 Å². The zero-order valence-electron chi connectivity index (χ0n) is 21.5. The van der Waals surface area contributed by atoms with Gasteiger partial charge in [-0.15, -0.1) is 0 Å². The first-order chi connectivity index (χ1) is 18.3. The minimum Gasteiger partial charge on any atom is -0.382 e. The molecule has 8 nitrogen and oxygen atoms in total. The van der Waals surface area contributed by atoms with E-state index in [1.165, 1.54) is 35.0 Å². The predicted molar refractivity (Wildman–Crippen MR) is 156 cm³/mol. The average molecular weight is 567 g/mol. The first kappa shape index (κ1) is 25.7. The van der Waals surface area contributed by atoms with Gasteiger partial charge in [0.15, 0.2) is 5.65 Å². The molecule has 0 unspecified atom stereocenters. The number of hydrogen-bond donors (Lipinski definition) is 2. The lowest BCUT2D eigenvalue weighted by atomic mass is 9.67. The van der Waals surface area contributed by atoms with Gasteiger partial charge in [-0.25, -0.2) is 15.0 Å². The third kappa shape index (κ3) is 4.51. The van der Waals surface area contributed by atoms with Gasteiger partial charge in [-0.3, -0.25) is 14.5 Å². The Hall–Kier alpha value is -2.53. The van der Waals surface area contributed by atoms with Crippen molar-refractivity contribution >= 4 is 52.7 Å². The van der Waals surface area contributed by atoms with E-state index in [4.69, 9.17) is 32.4 Å². The van der Waals surface area contributed by atoms with Crippen molar-refractivity contribution in [1.29, 1.82) is 0 Å². The van der Waals surface area contributed by atoms with Crippen LogP contribution in [0.25, 0.3) is 5.65 Å². The SMILES string of the molecule is CC(C)(C[C@@H]1c2cccnc2CC12CCN(c1ncc(Sc3ccnc(N)c3Cl)c3nccn13)CC2)SN. The monoisotopic (exact) mass is 566 g/mol. The van der Waals surface area contributed by atoms with Crippen molar-refractivity contribution in [2.45, 2.75) is 60.0 Å². The second-order valence-corrected chi connectivity index (χ2v) is 13.7. The van der Waals surface area contributed by atoms with E-state index < -0.39 is 0 Å². The Kier molecular flexibility index (Phi) is 6.70. The minimum absolute atomic E-state index is 0.00660. The topological polar surface area (TPSA) is 111 Å². The highest BCUT2D eigenvalue weighted by atomic mass is 35.5. The molecule has 198 valence electrons. The standard InChI is InChI=1S/C27H31ClN8S2/c1-26(2,38-30)14-18-17-4-3-8-31-19(17)15-27(18)6-11-35(12-7-27)25-34-16-21(24-33-10-13-36(24)25)37-20-5-9-32-23(29)22(20)28/h3-5,8-10,13,16,18H,6-7,11-12,14-15,30H2,1-2H3,(H2,29,32)/t18-/m1/s1. The molecular formula is C27H31ClN8S2. The third-order valence-electron chi connectivity index (χ3n) is 8.09. The van der Waals surface area contributed by atoms with Crippen molar-refractivity contribution in [2.24, 2.45) is 10.6 Å². The molecule has 6 rings (SSSR count). The summed E-state index contributed by atoms with van der Waals surface area (Å²) in [7, 11) is 0. The number of nitrogens with two attached hydrogens (primary N) is 2. The van der Waals surface area contributed by atoms with Gasteiger partial charge in [0.1, 0.15) is 5.82 Å². The zero-order valence-corrected chi connectivity index (χ0v) is 23.9. The van der Waals surface area contributed by atoms with Crippen LogP contribution in [-0.2, 0) is 6.42 Å². The van der Waals surface area contributed by atoms with Crippen LogP contribution in [0.5, 0.6) is 0 Å². The molecule has 0 amide bonds. The second kappa shape index (κ2) is 9.89. The quantitative estimate of drug-likeness (QED) is 0.288. The molecule has 11 heteroatoms. The van der Waals surface area contributed by atoms with Crippen LogP contribution in [0.2, 0.25) is 5.02 Å². The van der Waals surface area contributed by atoms with Gasteiger partial charge in [-0.1, -0.05) is 41.4 Å². The molecule has 1 atom stereocenters. The maximum absolute atomic E-state index is 6.40. The molecule has 4 aromatic heterocycles. The van der Waals surface area contributed by atoms with Gasteiger partial charge in [0.25, 0.3) is 0 Å². The van der Waals surface area contributed by atoms with Gasteiger partial charge >= 0.3 is 0 Å². The van der Waals surface area contributed by atoms with Crippen molar-refractivity contribution in [3.05, 3.63) is 65.5 Å². The van der Waals surface area contributed by atoms with Crippen LogP contribution >= 0.6 is 35.3 Å². The highest BCUT2D eigenvalue weighted by Gasteiger charge is 2.49. The van der Waals surface area contributed by atoms with Crippen molar-refractivity contribution in [1.82, 2.24) is 24.3 Å². The summed E-state index contributed by atoms with van der Waals surface area (Å²) in [6.07, 6.45) is 13.5. The Morgan fingerprint density at radius 1 is 1.08 bits per heavy atom. The molecule has 1 saturated heterocycles. The molecule has 1 aliphatic heterocycles. The highest BCUT2D eigenvalue weighted by Crippen LogP contribution is 2.56. The number of nitrogen functional groups attached to an aromatic ring is 1. The van der Waals surface area contributed by atoms with E-state index in [1.54, 1.807) is 6.20 Å². The van der Waals surface area contributed by atoms with Gasteiger partial charge in [0.2, 0.25) is 5.95 Å². The van der Waals surface area contributed by atoms with Crippen LogP contribution in [-0.4, -0.2) is 42.2 Å². The van der Waals surface area contributed by atoms with E-state index in [1.807, 2.05) is 30.9 Å². The maximum atomic E-state index is 6.40. The van der Waals surface area contributed by atoms with E-state index in [2.05, 4.69) is 45.2 Å². The lowest BCUT2D eigenvalue weighted by molar-refractivity contribution is 0.170. The molecular weight excluding hydrogens is 536 g/mol. The summed E-state index contributed by atoms with van der Waals surface area (Å²) in [5.74, 6) is 1.69. The number of fused-ring (bicyclic) bond motifs is 2. The number of aromatic nitrogens is 5. The zero-order chi connectivity index (χ0) is 26.5. The molecule has 4 aromatic rings. The predicted octanol–water partition coefficient (Wildman–Crippen LogP) is 5.61. The Bertz CT molecular complexity index is 1480. The van der Waals surface area contributed by atoms with Crippen molar-refractivity contribution < 1.29 is 0 Å². The van der Waals surface area contributed by atoms with Crippen LogP contribution < -0.4 is 15.8 Å². The molecule has 0 aromatic carbocycles. The van der Waals surface area contributed by atoms with E-state index in [0.29, 0.717) is 16.8 Å². The normalized spacial score (nSPS) is 18.8. The summed E-state index contributed by atoms with van der Waals surface area (Å²) in [6.45, 7) is 6.36. The van der Waals surface area contributed by atoms with E-state index in [0.717, 1.165) is 60.2 Å². The number of halogens is 1. The smallest absolute Gasteiger partial charge is 0.211 e. The second-order valence-electron chi connectivity index (χ2n) is 10.9. The fourth-order valence-corrected chi connectivity index (χ4v) is 7.47. The number of nitrogens with zero attached hydrogens (tertiary/aromatic N) is 6. The van der Waals surface area contributed by atoms with Crippen LogP contribution in [0.15, 0.2) is 59.0 Å². The molecule has 0 saturated carbocycles. The van der Waals surface area contributed by atoms with Crippen LogP contribution in [0.3, 0.4) is 0 Å². The summed E-state index contributed by atoms with van der Waals surface area (Å²) < 4.78 is 2.09. The molecule has 1 fully saturated rings. The highest BCUT2D eigenvalue weighted by molar-refractivity contribution is 7.99. The van der Waals surface area contributed by atoms with Gasteiger partial charge in [0.05, 0.1) is 9.92 Å². The number of anilines is 2. The molecule has 1 spiro atoms. The molecule has 1 aliphatic carbocycles. The average Bonchev–Trinajstić information content (AvgIpc) is 3.52. The van der Waals surface area contributed by atoms with Crippen molar-refractivity contribution in [2.75, 3.05) is 23.7 Å². The molecule has 38 heavy (non-hydrogen) atoms. The van der Waals surface area contributed by atoms with Crippen LogP contribution in [0.4, 0.5) is 11.8 Å². The lowest BCUT2D eigenvalue weighted by Crippen LogP contribution is -2.44. The Morgan fingerprint density at radius 3 is 2.68 bits per heavy atom. The number of pyridine rings is 2. The molecule has 0 radical (unpaired) electrons. The maximum Gasteiger partial charge on any atom is 0.211 e. The van der Waals surface area contributed by atoms with E-state index >= 15 is 0 Å². The number of rotatable bonds is 6. The lowest BCUT2D eigenvalue weighted by Gasteiger charge is -2.45. The number of imidazole rings is 1. The molecule has 5 heterocycles. The third-order valence-corrected chi connectivity index (χ3v) is 10.5. The van der Waals surface area contributed by atoms with E-state index in [-0.39, 0.29) is 10.2 Å². The molecule has 0 bridgehead atoms. The Balaban J connectivity index is 1.26. The fraction of sp³-hybridized carbons (Fsp3) is 0.407. The van der Waals surface area contributed by atoms with Crippen molar-refractivity contribution in [3.8, 4) is 0 Å². The largest absolute Gasteiger partial charge is 0.382 e. The molecule has 4 N–H and O–H groups in total. The summed E-state index contributed by atoms with van der Waals surface area (Å²) in [5.41, 5.74) is 9.63. The van der Waals surface area contributed by atoms with E-state index in [9.17, 15) is 0 Å². The Morgan fingerprint density at radius 2 is 1.89 bits per heavy atom. The van der Waals surface area contributed by atoms with Gasteiger partial charge in [-0.2, -0.15) is 0 Å². The summed E-state index contributed by atoms with van der Waals surface area (Å²) >= 11 is 9.36. The number of piperidine rings is 1. The van der Waals surface area contributed by atoms with Crippen molar-refractivity contribution in [3.63, 3.8) is 0 Å². The van der Waals surface area contributed by atoms with Crippen LogP contribution in [0, 0.1) is 5.41 Å². The summed E-state index contributed by atoms with van der Waals surface area (Å²) in [4.78, 5) is 22.5. The summed E-state index contributed by atoms with van der Waals surface area (Å²) in [5, 5.41) is 6.55. The minimum atomic E-state index is 0.00660. The first-order valence-corrected chi connectivity index (χ1v) is 14.8. The fourth-order valence-electron chi connectivity index (χ4n) is 6.07.